The Labute approximate surface area is 129 Å². The van der Waals surface area contributed by atoms with Gasteiger partial charge in [0.2, 0.25) is 0 Å². The highest BCUT2D eigenvalue weighted by Gasteiger charge is 2.17. The van der Waals surface area contributed by atoms with Crippen LogP contribution in [0, 0.1) is 6.92 Å². The summed E-state index contributed by atoms with van der Waals surface area (Å²) >= 11 is 0. The van der Waals surface area contributed by atoms with E-state index in [1.807, 2.05) is 19.1 Å². The van der Waals surface area contributed by atoms with Gasteiger partial charge in [-0.1, -0.05) is 12.8 Å². The van der Waals surface area contributed by atoms with E-state index in [0.29, 0.717) is 18.3 Å². The third-order valence-electron chi connectivity index (χ3n) is 3.94. The average molecular weight is 303 g/mol. The third kappa shape index (κ3) is 2.98. The molecule has 1 amide bonds. The summed E-state index contributed by atoms with van der Waals surface area (Å²) in [6.45, 7) is 4.06. The quantitative estimate of drug-likeness (QED) is 0.907. The molecule has 7 heteroatoms. The van der Waals surface area contributed by atoms with Crippen molar-refractivity contribution in [2.75, 3.05) is 17.2 Å². The van der Waals surface area contributed by atoms with E-state index in [9.17, 15) is 4.79 Å². The topological polar surface area (TPSA) is 80.5 Å². The van der Waals surface area contributed by atoms with Gasteiger partial charge in [-0.2, -0.15) is 4.98 Å². The minimum absolute atomic E-state index is 0.250. The summed E-state index contributed by atoms with van der Waals surface area (Å²) in [6, 6.07) is 4.45. The SMILES string of the molecule is CCOC(=O)Nc1nc2ccc(NC3CCCC3)c(C)n2n1. The van der Waals surface area contributed by atoms with Gasteiger partial charge in [-0.25, -0.2) is 9.31 Å². The number of carbonyl (C=O) groups excluding carboxylic acids is 1. The Balaban J connectivity index is 1.81. The minimum Gasteiger partial charge on any atom is -0.450 e. The van der Waals surface area contributed by atoms with Crippen LogP contribution in [0.25, 0.3) is 5.65 Å². The molecule has 1 fully saturated rings. The molecule has 0 bridgehead atoms. The van der Waals surface area contributed by atoms with E-state index >= 15 is 0 Å². The summed E-state index contributed by atoms with van der Waals surface area (Å²) in [5.41, 5.74) is 2.74. The number of carbonyl (C=O) groups is 1. The second kappa shape index (κ2) is 6.21. The molecule has 0 aromatic carbocycles. The molecule has 2 aromatic rings. The first-order chi connectivity index (χ1) is 10.7. The Morgan fingerprint density at radius 3 is 2.91 bits per heavy atom. The van der Waals surface area contributed by atoms with Crippen LogP contribution in [0.2, 0.25) is 0 Å². The van der Waals surface area contributed by atoms with Crippen LogP contribution >= 0.6 is 0 Å². The van der Waals surface area contributed by atoms with E-state index in [2.05, 4.69) is 20.7 Å². The summed E-state index contributed by atoms with van der Waals surface area (Å²) < 4.78 is 6.57. The van der Waals surface area contributed by atoms with Crippen molar-refractivity contribution < 1.29 is 9.53 Å². The van der Waals surface area contributed by atoms with E-state index < -0.39 is 6.09 Å². The smallest absolute Gasteiger partial charge is 0.414 e. The van der Waals surface area contributed by atoms with E-state index in [0.717, 1.165) is 11.4 Å². The average Bonchev–Trinajstić information content (AvgIpc) is 3.12. The first kappa shape index (κ1) is 14.6. The Kier molecular flexibility index (Phi) is 4.13. The van der Waals surface area contributed by atoms with Gasteiger partial charge in [0.25, 0.3) is 5.95 Å². The predicted octanol–water partition coefficient (Wildman–Crippen LogP) is 2.96. The van der Waals surface area contributed by atoms with E-state index in [4.69, 9.17) is 4.74 Å². The molecule has 2 N–H and O–H groups in total. The number of nitrogens with one attached hydrogen (secondary N) is 2. The highest BCUT2D eigenvalue weighted by molar-refractivity contribution is 5.82. The Bertz CT molecular complexity index is 676. The molecule has 0 saturated heterocycles. The molecule has 3 rings (SSSR count). The molecular formula is C15H21N5O2. The van der Waals surface area contributed by atoms with Gasteiger partial charge in [0.15, 0.2) is 5.65 Å². The van der Waals surface area contributed by atoms with Crippen LogP contribution in [-0.2, 0) is 4.74 Å². The second-order valence-electron chi connectivity index (χ2n) is 5.51. The van der Waals surface area contributed by atoms with Gasteiger partial charge in [-0.05, 0) is 38.8 Å². The molecule has 0 radical (unpaired) electrons. The molecule has 2 heterocycles. The lowest BCUT2D eigenvalue weighted by Gasteiger charge is -2.15. The van der Waals surface area contributed by atoms with Crippen LogP contribution in [0.1, 0.15) is 38.3 Å². The van der Waals surface area contributed by atoms with Crippen LogP contribution in [0.4, 0.5) is 16.4 Å². The molecule has 1 aliphatic rings. The Morgan fingerprint density at radius 1 is 1.41 bits per heavy atom. The fraction of sp³-hybridized carbons (Fsp3) is 0.533. The van der Waals surface area contributed by atoms with Crippen molar-refractivity contribution >= 4 is 23.4 Å². The van der Waals surface area contributed by atoms with Gasteiger partial charge in [0, 0.05) is 6.04 Å². The molecule has 1 saturated carbocycles. The van der Waals surface area contributed by atoms with Gasteiger partial charge >= 0.3 is 6.09 Å². The molecule has 118 valence electrons. The van der Waals surface area contributed by atoms with Gasteiger partial charge < -0.3 is 10.1 Å². The fourth-order valence-corrected chi connectivity index (χ4v) is 2.83. The van der Waals surface area contributed by atoms with Gasteiger partial charge in [0.1, 0.15) is 0 Å². The lowest BCUT2D eigenvalue weighted by atomic mass is 10.2. The Morgan fingerprint density at radius 2 is 2.18 bits per heavy atom. The number of hydrogen-bond acceptors (Lipinski definition) is 5. The number of fused-ring (bicyclic) bond motifs is 1. The molecule has 0 aliphatic heterocycles. The summed E-state index contributed by atoms with van der Waals surface area (Å²) in [6.07, 6.45) is 4.46. The number of hydrogen-bond donors (Lipinski definition) is 2. The lowest BCUT2D eigenvalue weighted by Crippen LogP contribution is -2.16. The number of rotatable bonds is 4. The fourth-order valence-electron chi connectivity index (χ4n) is 2.83. The highest BCUT2D eigenvalue weighted by atomic mass is 16.5. The summed E-state index contributed by atoms with van der Waals surface area (Å²) in [4.78, 5) is 15.7. The first-order valence-electron chi connectivity index (χ1n) is 7.74. The summed E-state index contributed by atoms with van der Waals surface area (Å²) in [5.74, 6) is 0.250. The number of nitrogens with zero attached hydrogens (tertiary/aromatic N) is 3. The lowest BCUT2D eigenvalue weighted by molar-refractivity contribution is 0.167. The minimum atomic E-state index is -0.541. The van der Waals surface area contributed by atoms with Crippen LogP contribution in [0.5, 0.6) is 0 Å². The van der Waals surface area contributed by atoms with Crippen LogP contribution in [0.15, 0.2) is 12.1 Å². The normalized spacial score (nSPS) is 15.2. The number of pyridine rings is 1. The first-order valence-corrected chi connectivity index (χ1v) is 7.74. The molecule has 0 spiro atoms. The molecule has 0 atom stereocenters. The Hall–Kier alpha value is -2.31. The van der Waals surface area contributed by atoms with Gasteiger partial charge in [-0.3, -0.25) is 5.32 Å². The van der Waals surface area contributed by atoms with Crippen molar-refractivity contribution in [2.45, 2.75) is 45.6 Å². The maximum atomic E-state index is 11.4. The zero-order valence-corrected chi connectivity index (χ0v) is 12.9. The van der Waals surface area contributed by atoms with Crippen molar-refractivity contribution in [1.29, 1.82) is 0 Å². The zero-order chi connectivity index (χ0) is 15.5. The van der Waals surface area contributed by atoms with Crippen molar-refractivity contribution in [3.8, 4) is 0 Å². The molecule has 0 unspecified atom stereocenters. The van der Waals surface area contributed by atoms with Crippen molar-refractivity contribution in [3.05, 3.63) is 17.8 Å². The molecule has 1 aliphatic carbocycles. The highest BCUT2D eigenvalue weighted by Crippen LogP contribution is 2.24. The van der Waals surface area contributed by atoms with Crippen LogP contribution < -0.4 is 10.6 Å². The van der Waals surface area contributed by atoms with E-state index in [-0.39, 0.29) is 5.95 Å². The number of aryl methyl sites for hydroxylation is 1. The second-order valence-corrected chi connectivity index (χ2v) is 5.51. The maximum Gasteiger partial charge on any atom is 0.414 e. The van der Waals surface area contributed by atoms with Crippen LogP contribution in [0.3, 0.4) is 0 Å². The van der Waals surface area contributed by atoms with E-state index in [1.165, 1.54) is 25.7 Å². The van der Waals surface area contributed by atoms with Crippen molar-refractivity contribution in [1.82, 2.24) is 14.6 Å². The van der Waals surface area contributed by atoms with E-state index in [1.54, 1.807) is 11.4 Å². The maximum absolute atomic E-state index is 11.4. The number of aromatic nitrogens is 3. The summed E-state index contributed by atoms with van der Waals surface area (Å²) in [7, 11) is 0. The number of anilines is 2. The molecular weight excluding hydrogens is 282 g/mol. The standard InChI is InChI=1S/C15H21N5O2/c1-3-22-15(21)18-14-17-13-9-8-12(10(2)20(13)19-14)16-11-6-4-5-7-11/h8-9,11,16H,3-7H2,1-2H3,(H,18,19,21). The molecule has 22 heavy (non-hydrogen) atoms. The number of amides is 1. The third-order valence-corrected chi connectivity index (χ3v) is 3.94. The summed E-state index contributed by atoms with van der Waals surface area (Å²) in [5, 5.41) is 10.4. The molecule has 7 nitrogen and oxygen atoms in total. The van der Waals surface area contributed by atoms with Crippen molar-refractivity contribution in [2.24, 2.45) is 0 Å². The van der Waals surface area contributed by atoms with Crippen LogP contribution in [-0.4, -0.2) is 33.3 Å². The zero-order valence-electron chi connectivity index (χ0n) is 12.9. The van der Waals surface area contributed by atoms with Crippen molar-refractivity contribution in [3.63, 3.8) is 0 Å². The van der Waals surface area contributed by atoms with Gasteiger partial charge in [-0.15, -0.1) is 5.10 Å². The number of ether oxygens (including phenoxy) is 1. The largest absolute Gasteiger partial charge is 0.450 e. The predicted molar refractivity (Wildman–Crippen MR) is 84.2 cm³/mol. The van der Waals surface area contributed by atoms with Gasteiger partial charge in [0.05, 0.1) is 18.0 Å². The monoisotopic (exact) mass is 303 g/mol. The molecule has 2 aromatic heterocycles.